The lowest BCUT2D eigenvalue weighted by Gasteiger charge is -2.32. The maximum absolute atomic E-state index is 12.0. The van der Waals surface area contributed by atoms with Gasteiger partial charge >= 0.3 is 6.09 Å². The molecule has 0 saturated carbocycles. The smallest absolute Gasteiger partial charge is 0.410 e. The fourth-order valence-electron chi connectivity index (χ4n) is 1.92. The molecule has 1 fully saturated rings. The molecule has 0 aliphatic carbocycles. The summed E-state index contributed by atoms with van der Waals surface area (Å²) >= 11 is 0. The quantitative estimate of drug-likeness (QED) is 0.767. The molecule has 1 aliphatic heterocycles. The third-order valence-electron chi connectivity index (χ3n) is 2.87. The second-order valence-electron chi connectivity index (χ2n) is 5.69. The van der Waals surface area contributed by atoms with Gasteiger partial charge in [-0.3, -0.25) is 0 Å². The van der Waals surface area contributed by atoms with E-state index in [9.17, 15) is 4.79 Å². The van der Waals surface area contributed by atoms with Crippen LogP contribution >= 0.6 is 0 Å². The Bertz CT molecular complexity index is 248. The Kier molecular flexibility index (Phi) is 5.25. The molecule has 0 aromatic rings. The van der Waals surface area contributed by atoms with Gasteiger partial charge in [-0.1, -0.05) is 6.92 Å². The minimum absolute atomic E-state index is 0.181. The Morgan fingerprint density at radius 3 is 2.71 bits per heavy atom. The van der Waals surface area contributed by atoms with Crippen molar-refractivity contribution < 1.29 is 9.53 Å². The second-order valence-corrected chi connectivity index (χ2v) is 5.69. The average Bonchev–Trinajstić information content (AvgIpc) is 2.14. The highest BCUT2D eigenvalue weighted by Crippen LogP contribution is 2.12. The van der Waals surface area contributed by atoms with E-state index in [0.29, 0.717) is 6.04 Å². The molecule has 1 aliphatic rings. The van der Waals surface area contributed by atoms with Gasteiger partial charge in [0, 0.05) is 19.1 Å². The number of nitrogens with zero attached hydrogens (tertiary/aromatic N) is 1. The molecule has 1 heterocycles. The van der Waals surface area contributed by atoms with E-state index in [0.717, 1.165) is 38.9 Å². The summed E-state index contributed by atoms with van der Waals surface area (Å²) < 4.78 is 5.43. The highest BCUT2D eigenvalue weighted by atomic mass is 16.6. The van der Waals surface area contributed by atoms with Crippen LogP contribution in [-0.2, 0) is 4.74 Å². The van der Waals surface area contributed by atoms with Crippen LogP contribution in [0.3, 0.4) is 0 Å². The van der Waals surface area contributed by atoms with Gasteiger partial charge in [0.2, 0.25) is 0 Å². The minimum atomic E-state index is -0.408. The first kappa shape index (κ1) is 14.3. The SMILES string of the molecule is CCC1CN(C(=O)OC(C)(C)C)CCCCN1. The van der Waals surface area contributed by atoms with Gasteiger partial charge in [0.15, 0.2) is 0 Å². The first-order valence-corrected chi connectivity index (χ1v) is 6.63. The fourth-order valence-corrected chi connectivity index (χ4v) is 1.92. The average molecular weight is 242 g/mol. The summed E-state index contributed by atoms with van der Waals surface area (Å²) in [4.78, 5) is 13.9. The number of hydrogen-bond donors (Lipinski definition) is 1. The lowest BCUT2D eigenvalue weighted by Crippen LogP contribution is -2.47. The second kappa shape index (κ2) is 6.24. The van der Waals surface area contributed by atoms with Gasteiger partial charge in [0.1, 0.15) is 5.60 Å². The number of carbonyl (C=O) groups excluding carboxylic acids is 1. The number of carbonyl (C=O) groups is 1. The molecule has 1 saturated heterocycles. The Morgan fingerprint density at radius 2 is 2.12 bits per heavy atom. The van der Waals surface area contributed by atoms with Crippen LogP contribution in [0.1, 0.15) is 47.0 Å². The molecule has 0 spiro atoms. The third-order valence-corrected chi connectivity index (χ3v) is 2.87. The molecule has 4 nitrogen and oxygen atoms in total. The Balaban J connectivity index is 2.56. The molecule has 0 aromatic carbocycles. The molecule has 0 radical (unpaired) electrons. The summed E-state index contributed by atoms with van der Waals surface area (Å²) in [5, 5.41) is 3.47. The van der Waals surface area contributed by atoms with Crippen molar-refractivity contribution in [2.45, 2.75) is 58.6 Å². The van der Waals surface area contributed by atoms with E-state index < -0.39 is 5.60 Å². The maximum Gasteiger partial charge on any atom is 0.410 e. The van der Waals surface area contributed by atoms with Crippen molar-refractivity contribution in [2.24, 2.45) is 0 Å². The lowest BCUT2D eigenvalue weighted by molar-refractivity contribution is 0.0218. The van der Waals surface area contributed by atoms with Crippen molar-refractivity contribution >= 4 is 6.09 Å². The molecular formula is C13H26N2O2. The van der Waals surface area contributed by atoms with Crippen molar-refractivity contribution in [3.05, 3.63) is 0 Å². The Labute approximate surface area is 105 Å². The van der Waals surface area contributed by atoms with E-state index in [1.807, 2.05) is 25.7 Å². The van der Waals surface area contributed by atoms with E-state index in [1.54, 1.807) is 0 Å². The summed E-state index contributed by atoms with van der Waals surface area (Å²) in [6.07, 6.45) is 3.03. The summed E-state index contributed by atoms with van der Waals surface area (Å²) in [5.74, 6) is 0. The molecule has 0 aromatic heterocycles. The molecule has 1 unspecified atom stereocenters. The molecule has 1 rings (SSSR count). The van der Waals surface area contributed by atoms with Crippen LogP contribution in [0.4, 0.5) is 4.79 Å². The van der Waals surface area contributed by atoms with Crippen molar-refractivity contribution in [3.8, 4) is 0 Å². The van der Waals surface area contributed by atoms with E-state index in [1.165, 1.54) is 0 Å². The van der Waals surface area contributed by atoms with E-state index in [4.69, 9.17) is 4.74 Å². The highest BCUT2D eigenvalue weighted by Gasteiger charge is 2.24. The third kappa shape index (κ3) is 5.39. The predicted octanol–water partition coefficient (Wildman–Crippen LogP) is 2.39. The highest BCUT2D eigenvalue weighted by molar-refractivity contribution is 5.68. The molecular weight excluding hydrogens is 216 g/mol. The molecule has 1 N–H and O–H groups in total. The van der Waals surface area contributed by atoms with Crippen LogP contribution in [-0.4, -0.2) is 42.3 Å². The maximum atomic E-state index is 12.0. The summed E-state index contributed by atoms with van der Waals surface area (Å²) in [7, 11) is 0. The molecule has 0 bridgehead atoms. The zero-order valence-corrected chi connectivity index (χ0v) is 11.6. The Morgan fingerprint density at radius 1 is 1.41 bits per heavy atom. The summed E-state index contributed by atoms with van der Waals surface area (Å²) in [6.45, 7) is 10.5. The molecule has 100 valence electrons. The van der Waals surface area contributed by atoms with Gasteiger partial charge in [-0.15, -0.1) is 0 Å². The van der Waals surface area contributed by atoms with Crippen LogP contribution in [0.25, 0.3) is 0 Å². The van der Waals surface area contributed by atoms with Crippen LogP contribution in [0.15, 0.2) is 0 Å². The van der Waals surface area contributed by atoms with Gasteiger partial charge in [0.05, 0.1) is 0 Å². The number of amides is 1. The van der Waals surface area contributed by atoms with Gasteiger partial charge in [-0.2, -0.15) is 0 Å². The normalized spacial score (nSPS) is 22.8. The molecule has 4 heteroatoms. The Hall–Kier alpha value is -0.770. The lowest BCUT2D eigenvalue weighted by atomic mass is 10.1. The van der Waals surface area contributed by atoms with Gasteiger partial charge in [-0.05, 0) is 46.6 Å². The van der Waals surface area contributed by atoms with Gasteiger partial charge in [0.25, 0.3) is 0 Å². The minimum Gasteiger partial charge on any atom is -0.444 e. The largest absolute Gasteiger partial charge is 0.444 e. The van der Waals surface area contributed by atoms with Gasteiger partial charge in [-0.25, -0.2) is 4.79 Å². The van der Waals surface area contributed by atoms with E-state index >= 15 is 0 Å². The van der Waals surface area contributed by atoms with E-state index in [2.05, 4.69) is 12.2 Å². The molecule has 17 heavy (non-hydrogen) atoms. The number of nitrogens with one attached hydrogen (secondary N) is 1. The van der Waals surface area contributed by atoms with Crippen molar-refractivity contribution in [2.75, 3.05) is 19.6 Å². The first-order chi connectivity index (χ1) is 7.92. The van der Waals surface area contributed by atoms with Gasteiger partial charge < -0.3 is 15.0 Å². The summed E-state index contributed by atoms with van der Waals surface area (Å²) in [5.41, 5.74) is -0.408. The van der Waals surface area contributed by atoms with E-state index in [-0.39, 0.29) is 6.09 Å². The van der Waals surface area contributed by atoms with Crippen molar-refractivity contribution in [1.82, 2.24) is 10.2 Å². The van der Waals surface area contributed by atoms with Crippen LogP contribution in [0.5, 0.6) is 0 Å². The zero-order chi connectivity index (χ0) is 12.9. The molecule has 1 amide bonds. The van der Waals surface area contributed by atoms with Crippen molar-refractivity contribution in [1.29, 1.82) is 0 Å². The van der Waals surface area contributed by atoms with Crippen LogP contribution < -0.4 is 5.32 Å². The number of ether oxygens (including phenoxy) is 1. The monoisotopic (exact) mass is 242 g/mol. The topological polar surface area (TPSA) is 41.6 Å². The first-order valence-electron chi connectivity index (χ1n) is 6.63. The standard InChI is InChI=1S/C13H26N2O2/c1-5-11-10-15(9-7-6-8-14-11)12(16)17-13(2,3)4/h11,14H,5-10H2,1-4H3. The number of hydrogen-bond acceptors (Lipinski definition) is 3. The summed E-state index contributed by atoms with van der Waals surface area (Å²) in [6, 6.07) is 0.391. The number of rotatable bonds is 1. The van der Waals surface area contributed by atoms with Crippen molar-refractivity contribution in [3.63, 3.8) is 0 Å². The zero-order valence-electron chi connectivity index (χ0n) is 11.6. The van der Waals surface area contributed by atoms with Crippen LogP contribution in [0, 0.1) is 0 Å². The fraction of sp³-hybridized carbons (Fsp3) is 0.923. The predicted molar refractivity (Wildman–Crippen MR) is 69.1 cm³/mol. The van der Waals surface area contributed by atoms with Crippen LogP contribution in [0.2, 0.25) is 0 Å². The molecule has 1 atom stereocenters.